The van der Waals surface area contributed by atoms with Crippen molar-refractivity contribution in [2.45, 2.75) is 25.8 Å². The van der Waals surface area contributed by atoms with Crippen molar-refractivity contribution in [2.24, 2.45) is 0 Å². The molecule has 0 aliphatic heterocycles. The van der Waals surface area contributed by atoms with Gasteiger partial charge in [-0.25, -0.2) is 0 Å². The Morgan fingerprint density at radius 1 is 1.32 bits per heavy atom. The average molecular weight is 328 g/mol. The lowest BCUT2D eigenvalue weighted by Crippen LogP contribution is -2.32. The maximum Gasteiger partial charge on any atom is 0.222 e. The maximum atomic E-state index is 11.9. The first-order chi connectivity index (χ1) is 10.6. The van der Waals surface area contributed by atoms with E-state index in [1.165, 1.54) is 18.3 Å². The normalized spacial score (nSPS) is 11.9. The SMILES string of the molecule is COCCOCCCNC(=O)C[C@@H](NC(C)=O)c1cccs1. The van der Waals surface area contributed by atoms with Crippen molar-refractivity contribution >= 4 is 23.2 Å². The number of hydrogen-bond acceptors (Lipinski definition) is 5. The van der Waals surface area contributed by atoms with Crippen molar-refractivity contribution in [3.63, 3.8) is 0 Å². The number of carbonyl (C=O) groups is 2. The smallest absolute Gasteiger partial charge is 0.222 e. The molecular formula is C15H24N2O4S. The van der Waals surface area contributed by atoms with Crippen molar-refractivity contribution in [1.82, 2.24) is 10.6 Å². The molecule has 1 aromatic heterocycles. The van der Waals surface area contributed by atoms with Gasteiger partial charge in [-0.15, -0.1) is 11.3 Å². The monoisotopic (exact) mass is 328 g/mol. The van der Waals surface area contributed by atoms with E-state index in [1.807, 2.05) is 17.5 Å². The van der Waals surface area contributed by atoms with Gasteiger partial charge in [0, 0.05) is 32.1 Å². The number of hydrogen-bond donors (Lipinski definition) is 2. The van der Waals surface area contributed by atoms with Crippen LogP contribution in [-0.2, 0) is 19.1 Å². The zero-order valence-electron chi connectivity index (χ0n) is 13.1. The third-order valence-corrected chi connectivity index (χ3v) is 3.86. The van der Waals surface area contributed by atoms with Gasteiger partial charge in [0.2, 0.25) is 11.8 Å². The van der Waals surface area contributed by atoms with Gasteiger partial charge in [-0.3, -0.25) is 9.59 Å². The van der Waals surface area contributed by atoms with Crippen molar-refractivity contribution < 1.29 is 19.1 Å². The summed E-state index contributed by atoms with van der Waals surface area (Å²) in [6, 6.07) is 3.56. The predicted octanol–water partition coefficient (Wildman–Crippen LogP) is 1.48. The summed E-state index contributed by atoms with van der Waals surface area (Å²) in [6.45, 7) is 3.74. The fourth-order valence-electron chi connectivity index (χ4n) is 1.86. The minimum absolute atomic E-state index is 0.0796. The van der Waals surface area contributed by atoms with Crippen molar-refractivity contribution in [2.75, 3.05) is 33.5 Å². The Hall–Kier alpha value is -1.44. The molecule has 2 N–H and O–H groups in total. The van der Waals surface area contributed by atoms with Gasteiger partial charge >= 0.3 is 0 Å². The van der Waals surface area contributed by atoms with E-state index in [9.17, 15) is 9.59 Å². The Bertz CT molecular complexity index is 437. The summed E-state index contributed by atoms with van der Waals surface area (Å²) in [7, 11) is 1.63. The van der Waals surface area contributed by atoms with Crippen molar-refractivity contribution in [1.29, 1.82) is 0 Å². The molecule has 0 unspecified atom stereocenters. The van der Waals surface area contributed by atoms with E-state index >= 15 is 0 Å². The van der Waals surface area contributed by atoms with Crippen LogP contribution >= 0.6 is 11.3 Å². The fraction of sp³-hybridized carbons (Fsp3) is 0.600. The van der Waals surface area contributed by atoms with Gasteiger partial charge < -0.3 is 20.1 Å². The molecule has 1 heterocycles. The summed E-state index contributed by atoms with van der Waals surface area (Å²) < 4.78 is 10.2. The second-order valence-electron chi connectivity index (χ2n) is 4.78. The predicted molar refractivity (Wildman–Crippen MR) is 85.8 cm³/mol. The third kappa shape index (κ3) is 8.11. The van der Waals surface area contributed by atoms with E-state index in [0.29, 0.717) is 26.4 Å². The molecule has 0 aromatic carbocycles. The molecule has 1 rings (SSSR count). The van der Waals surface area contributed by atoms with E-state index in [-0.39, 0.29) is 24.3 Å². The molecular weight excluding hydrogens is 304 g/mol. The molecule has 0 radical (unpaired) electrons. The van der Waals surface area contributed by atoms with Crippen LogP contribution in [0.2, 0.25) is 0 Å². The zero-order valence-corrected chi connectivity index (χ0v) is 13.9. The second-order valence-corrected chi connectivity index (χ2v) is 5.76. The summed E-state index contributed by atoms with van der Waals surface area (Å²) in [5.41, 5.74) is 0. The molecule has 0 aliphatic rings. The molecule has 22 heavy (non-hydrogen) atoms. The lowest BCUT2D eigenvalue weighted by atomic mass is 10.1. The van der Waals surface area contributed by atoms with Crippen molar-refractivity contribution in [3.05, 3.63) is 22.4 Å². The van der Waals surface area contributed by atoms with E-state index in [0.717, 1.165) is 11.3 Å². The lowest BCUT2D eigenvalue weighted by molar-refractivity contribution is -0.122. The average Bonchev–Trinajstić information content (AvgIpc) is 2.99. The van der Waals surface area contributed by atoms with Crippen LogP contribution in [0.1, 0.15) is 30.7 Å². The molecule has 0 bridgehead atoms. The van der Waals surface area contributed by atoms with Gasteiger partial charge in [0.25, 0.3) is 0 Å². The number of thiophene rings is 1. The highest BCUT2D eigenvalue weighted by molar-refractivity contribution is 7.10. The van der Waals surface area contributed by atoms with Crippen LogP contribution in [0.3, 0.4) is 0 Å². The van der Waals surface area contributed by atoms with Crippen LogP contribution < -0.4 is 10.6 Å². The first-order valence-electron chi connectivity index (χ1n) is 7.27. The van der Waals surface area contributed by atoms with Crippen LogP contribution in [0.25, 0.3) is 0 Å². The first-order valence-corrected chi connectivity index (χ1v) is 8.15. The summed E-state index contributed by atoms with van der Waals surface area (Å²) in [5, 5.41) is 7.58. The first kappa shape index (κ1) is 18.6. The van der Waals surface area contributed by atoms with Gasteiger partial charge in [0.1, 0.15) is 0 Å². The van der Waals surface area contributed by atoms with Crippen LogP contribution in [0.5, 0.6) is 0 Å². The molecule has 1 aromatic rings. The Morgan fingerprint density at radius 2 is 2.14 bits per heavy atom. The zero-order chi connectivity index (χ0) is 16.2. The van der Waals surface area contributed by atoms with Gasteiger partial charge in [-0.05, 0) is 17.9 Å². The van der Waals surface area contributed by atoms with Gasteiger partial charge in [0.15, 0.2) is 0 Å². The van der Waals surface area contributed by atoms with Crippen molar-refractivity contribution in [3.8, 4) is 0 Å². The number of carbonyl (C=O) groups excluding carboxylic acids is 2. The molecule has 1 atom stereocenters. The minimum Gasteiger partial charge on any atom is -0.382 e. The molecule has 124 valence electrons. The standard InChI is InChI=1S/C15H24N2O4S/c1-12(18)17-13(14-5-3-10-22-14)11-15(19)16-6-4-7-21-9-8-20-2/h3,5,10,13H,4,6-9,11H2,1-2H3,(H,16,19)(H,17,18)/t13-/m1/s1. The quantitative estimate of drug-likeness (QED) is 0.603. The number of amides is 2. The lowest BCUT2D eigenvalue weighted by Gasteiger charge is -2.16. The van der Waals surface area contributed by atoms with E-state index in [1.54, 1.807) is 7.11 Å². The molecule has 0 spiro atoms. The van der Waals surface area contributed by atoms with Crippen LogP contribution in [-0.4, -0.2) is 45.3 Å². The highest BCUT2D eigenvalue weighted by Gasteiger charge is 2.17. The molecule has 0 aliphatic carbocycles. The number of ether oxygens (including phenoxy) is 2. The highest BCUT2D eigenvalue weighted by atomic mass is 32.1. The molecule has 2 amide bonds. The Kier molecular flexibility index (Phi) is 9.45. The van der Waals surface area contributed by atoms with E-state index in [4.69, 9.17) is 9.47 Å². The Labute approximate surface area is 135 Å². The second kappa shape index (κ2) is 11.2. The third-order valence-electron chi connectivity index (χ3n) is 2.87. The summed E-state index contributed by atoms with van der Waals surface area (Å²) in [4.78, 5) is 24.2. The summed E-state index contributed by atoms with van der Waals surface area (Å²) in [5.74, 6) is -0.221. The molecule has 0 saturated carbocycles. The van der Waals surface area contributed by atoms with Gasteiger partial charge in [-0.2, -0.15) is 0 Å². The van der Waals surface area contributed by atoms with Gasteiger partial charge in [-0.1, -0.05) is 6.07 Å². The van der Waals surface area contributed by atoms with E-state index in [2.05, 4.69) is 10.6 Å². The van der Waals surface area contributed by atoms with E-state index < -0.39 is 0 Å². The number of methoxy groups -OCH3 is 1. The molecule has 0 fully saturated rings. The molecule has 7 heteroatoms. The Balaban J connectivity index is 2.24. The van der Waals surface area contributed by atoms with Crippen LogP contribution in [0, 0.1) is 0 Å². The van der Waals surface area contributed by atoms with Crippen LogP contribution in [0.4, 0.5) is 0 Å². The number of nitrogens with one attached hydrogen (secondary N) is 2. The largest absolute Gasteiger partial charge is 0.382 e. The topological polar surface area (TPSA) is 76.7 Å². The van der Waals surface area contributed by atoms with Crippen LogP contribution in [0.15, 0.2) is 17.5 Å². The summed E-state index contributed by atoms with van der Waals surface area (Å²) in [6.07, 6.45) is 0.990. The summed E-state index contributed by atoms with van der Waals surface area (Å²) >= 11 is 1.53. The maximum absolute atomic E-state index is 11.9. The molecule has 0 saturated heterocycles. The molecule has 6 nitrogen and oxygen atoms in total. The minimum atomic E-state index is -0.268. The number of rotatable bonds is 11. The highest BCUT2D eigenvalue weighted by Crippen LogP contribution is 2.21. The Morgan fingerprint density at radius 3 is 2.77 bits per heavy atom. The fourth-order valence-corrected chi connectivity index (χ4v) is 2.64. The van der Waals surface area contributed by atoms with Gasteiger partial charge in [0.05, 0.1) is 25.7 Å².